The lowest BCUT2D eigenvalue weighted by molar-refractivity contribution is -0.160. The maximum atomic E-state index is 15.0. The van der Waals surface area contributed by atoms with Crippen LogP contribution in [0.15, 0.2) is 42.5 Å². The number of benzene rings is 2. The summed E-state index contributed by atoms with van der Waals surface area (Å²) in [4.78, 5) is 25.0. The largest absolute Gasteiger partial charge is 0.417 e. The zero-order valence-corrected chi connectivity index (χ0v) is 21.8. The highest BCUT2D eigenvalue weighted by Gasteiger charge is 2.41. The molecule has 0 aliphatic rings. The Morgan fingerprint density at radius 1 is 0.975 bits per heavy atom. The number of amides is 1. The highest BCUT2D eigenvalue weighted by molar-refractivity contribution is 6.31. The van der Waals surface area contributed by atoms with E-state index < -0.39 is 83.1 Å². The van der Waals surface area contributed by atoms with Crippen LogP contribution in [0, 0.1) is 12.8 Å². The number of nitrogens with zero attached hydrogens (tertiary/aromatic N) is 1. The van der Waals surface area contributed by atoms with E-state index in [1.807, 2.05) is 0 Å². The third-order valence-electron chi connectivity index (χ3n) is 5.81. The third kappa shape index (κ3) is 8.70. The minimum Gasteiger partial charge on any atom is -0.336 e. The Labute approximate surface area is 227 Å². The fourth-order valence-electron chi connectivity index (χ4n) is 3.85. The molecule has 0 aromatic heterocycles. The van der Waals surface area contributed by atoms with Crippen molar-refractivity contribution in [3.05, 3.63) is 75.3 Å². The fourth-order valence-corrected chi connectivity index (χ4v) is 3.97. The van der Waals surface area contributed by atoms with Crippen molar-refractivity contribution in [2.75, 3.05) is 13.6 Å². The number of alkyl halides is 9. The van der Waals surface area contributed by atoms with Gasteiger partial charge in [0, 0.05) is 35.5 Å². The maximum Gasteiger partial charge on any atom is 0.417 e. The first-order valence-electron chi connectivity index (χ1n) is 11.4. The molecular weight excluding hydrogens is 584 g/mol. The molecule has 0 aliphatic carbocycles. The van der Waals surface area contributed by atoms with Crippen LogP contribution in [0.5, 0.6) is 0 Å². The summed E-state index contributed by atoms with van der Waals surface area (Å²) in [5.74, 6) is -8.07. The van der Waals surface area contributed by atoms with Crippen LogP contribution in [-0.4, -0.2) is 42.5 Å². The third-order valence-corrected chi connectivity index (χ3v) is 6.24. The average Bonchev–Trinajstić information content (AvgIpc) is 2.80. The summed E-state index contributed by atoms with van der Waals surface area (Å²) in [5, 5.41) is 0.146. The molecule has 0 fully saturated rings. The van der Waals surface area contributed by atoms with Crippen molar-refractivity contribution < 1.29 is 53.5 Å². The SMILES string of the molecule is Cc1cc(C(/C=C(\F)c2ccc(C(=O)C[C@H](C)C(=O)N(C)CC(F)(F)F)c(C(F)(F)F)c2)C(F)(F)F)ccc1Cl. The van der Waals surface area contributed by atoms with Gasteiger partial charge >= 0.3 is 18.5 Å². The van der Waals surface area contributed by atoms with E-state index >= 15 is 0 Å². The van der Waals surface area contributed by atoms with Gasteiger partial charge in [0.2, 0.25) is 5.91 Å². The van der Waals surface area contributed by atoms with E-state index in [0.29, 0.717) is 12.1 Å². The molecule has 14 heteroatoms. The second-order valence-corrected chi connectivity index (χ2v) is 9.55. The number of aryl methyl sites for hydroxylation is 1. The van der Waals surface area contributed by atoms with Crippen LogP contribution in [0.1, 0.15) is 51.9 Å². The number of ketones is 1. The number of hydrogen-bond acceptors (Lipinski definition) is 2. The summed E-state index contributed by atoms with van der Waals surface area (Å²) in [6.45, 7) is 0.813. The zero-order chi connectivity index (χ0) is 30.8. The van der Waals surface area contributed by atoms with Crippen LogP contribution in [0.25, 0.3) is 5.83 Å². The smallest absolute Gasteiger partial charge is 0.336 e. The number of carbonyl (C=O) groups excluding carboxylic acids is 2. The molecule has 2 rings (SSSR count). The molecule has 0 saturated heterocycles. The van der Waals surface area contributed by atoms with Crippen LogP contribution in [0.2, 0.25) is 5.02 Å². The number of allylic oxidation sites excluding steroid dienone is 1. The summed E-state index contributed by atoms with van der Waals surface area (Å²) < 4.78 is 135. The van der Waals surface area contributed by atoms with Gasteiger partial charge in [-0.3, -0.25) is 9.59 Å². The molecule has 220 valence electrons. The summed E-state index contributed by atoms with van der Waals surface area (Å²) in [7, 11) is 0.807. The van der Waals surface area contributed by atoms with Crippen molar-refractivity contribution >= 4 is 29.1 Å². The first-order chi connectivity index (χ1) is 18.1. The quantitative estimate of drug-likeness (QED) is 0.223. The highest BCUT2D eigenvalue weighted by Crippen LogP contribution is 2.40. The van der Waals surface area contributed by atoms with Gasteiger partial charge < -0.3 is 4.90 Å². The molecular formula is C26H22ClF10NO2. The van der Waals surface area contributed by atoms with Crippen LogP contribution >= 0.6 is 11.6 Å². The van der Waals surface area contributed by atoms with E-state index in [0.717, 1.165) is 32.2 Å². The van der Waals surface area contributed by atoms with Gasteiger partial charge in [-0.25, -0.2) is 4.39 Å². The van der Waals surface area contributed by atoms with E-state index in [2.05, 4.69) is 0 Å². The van der Waals surface area contributed by atoms with E-state index in [9.17, 15) is 53.5 Å². The van der Waals surface area contributed by atoms with Crippen LogP contribution in [0.4, 0.5) is 43.9 Å². The second-order valence-electron chi connectivity index (χ2n) is 9.14. The molecule has 2 aromatic carbocycles. The molecule has 2 aromatic rings. The Morgan fingerprint density at radius 2 is 1.57 bits per heavy atom. The lowest BCUT2D eigenvalue weighted by Crippen LogP contribution is -2.39. The van der Waals surface area contributed by atoms with Gasteiger partial charge in [-0.15, -0.1) is 0 Å². The Bertz CT molecular complexity index is 1280. The molecule has 3 nitrogen and oxygen atoms in total. The van der Waals surface area contributed by atoms with Gasteiger partial charge in [-0.2, -0.15) is 39.5 Å². The van der Waals surface area contributed by atoms with Crippen molar-refractivity contribution in [3.63, 3.8) is 0 Å². The normalized spacial score (nSPS) is 14.6. The average molecular weight is 606 g/mol. The highest BCUT2D eigenvalue weighted by atomic mass is 35.5. The molecule has 40 heavy (non-hydrogen) atoms. The number of carbonyl (C=O) groups is 2. The number of halogens is 11. The van der Waals surface area contributed by atoms with E-state index in [4.69, 9.17) is 11.6 Å². The second kappa shape index (κ2) is 12.2. The molecule has 0 heterocycles. The Morgan fingerprint density at radius 3 is 2.08 bits per heavy atom. The Hall–Kier alpha value is -3.09. The Kier molecular flexibility index (Phi) is 10.1. The molecule has 1 amide bonds. The van der Waals surface area contributed by atoms with Crippen molar-refractivity contribution in [1.82, 2.24) is 4.90 Å². The fraction of sp³-hybridized carbons (Fsp3) is 0.385. The van der Waals surface area contributed by atoms with Gasteiger partial charge in [0.25, 0.3) is 0 Å². The van der Waals surface area contributed by atoms with Crippen LogP contribution < -0.4 is 0 Å². The van der Waals surface area contributed by atoms with Gasteiger partial charge in [0.15, 0.2) is 5.78 Å². The molecule has 2 atom stereocenters. The van der Waals surface area contributed by atoms with Crippen molar-refractivity contribution in [1.29, 1.82) is 0 Å². The van der Waals surface area contributed by atoms with Gasteiger partial charge in [0.05, 0.1) is 5.56 Å². The molecule has 0 bridgehead atoms. The summed E-state index contributed by atoms with van der Waals surface area (Å²) >= 11 is 5.82. The molecule has 0 saturated carbocycles. The lowest BCUT2D eigenvalue weighted by atomic mass is 9.92. The van der Waals surface area contributed by atoms with Crippen LogP contribution in [0.3, 0.4) is 0 Å². The number of Topliss-reactive ketones (excluding diaryl/α,β-unsaturated/α-hetero) is 1. The van der Waals surface area contributed by atoms with Crippen molar-refractivity contribution in [3.8, 4) is 0 Å². The lowest BCUT2D eigenvalue weighted by Gasteiger charge is -2.22. The number of hydrogen-bond donors (Lipinski definition) is 0. The number of rotatable bonds is 8. The Balaban J connectivity index is 2.44. The van der Waals surface area contributed by atoms with Crippen molar-refractivity contribution in [2.45, 2.75) is 44.7 Å². The van der Waals surface area contributed by atoms with Crippen molar-refractivity contribution in [2.24, 2.45) is 5.92 Å². The maximum absolute atomic E-state index is 15.0. The summed E-state index contributed by atoms with van der Waals surface area (Å²) in [5.41, 5.74) is -3.78. The minimum atomic E-state index is -5.27. The summed E-state index contributed by atoms with van der Waals surface area (Å²) in [6.07, 6.45) is -15.9. The molecule has 1 unspecified atom stereocenters. The van der Waals surface area contributed by atoms with Crippen LogP contribution in [-0.2, 0) is 11.0 Å². The zero-order valence-electron chi connectivity index (χ0n) is 21.0. The molecule has 0 aliphatic heterocycles. The molecule has 0 radical (unpaired) electrons. The first kappa shape index (κ1) is 33.1. The van der Waals surface area contributed by atoms with E-state index in [1.165, 1.54) is 6.92 Å². The predicted molar refractivity (Wildman–Crippen MR) is 127 cm³/mol. The predicted octanol–water partition coefficient (Wildman–Crippen LogP) is 8.55. The summed E-state index contributed by atoms with van der Waals surface area (Å²) in [6, 6.07) is 4.57. The van der Waals surface area contributed by atoms with Gasteiger partial charge in [-0.05, 0) is 36.3 Å². The monoisotopic (exact) mass is 605 g/mol. The molecule has 0 N–H and O–H groups in total. The van der Waals surface area contributed by atoms with E-state index in [1.54, 1.807) is 0 Å². The van der Waals surface area contributed by atoms with Gasteiger partial charge in [0.1, 0.15) is 18.3 Å². The van der Waals surface area contributed by atoms with Gasteiger partial charge in [-0.1, -0.05) is 42.8 Å². The first-order valence-corrected chi connectivity index (χ1v) is 11.8. The van der Waals surface area contributed by atoms with E-state index in [-0.39, 0.29) is 27.6 Å². The topological polar surface area (TPSA) is 37.4 Å². The molecule has 0 spiro atoms. The standard InChI is InChI=1S/C26H22ClF10NO2/c1-13-8-15(5-7-20(13)27)18(25(32,33)34)11-21(28)16-4-6-17(19(10-16)26(35,36)37)22(39)9-14(2)23(40)38(3)12-24(29,30)31/h4-8,10-11,14,18H,9,12H2,1-3H3/b21-11-/t14-,18?/m0/s1. The minimum absolute atomic E-state index is 0.0941.